The summed E-state index contributed by atoms with van der Waals surface area (Å²) < 4.78 is 2.04. The van der Waals surface area contributed by atoms with E-state index in [9.17, 15) is 4.79 Å². The zero-order valence-corrected chi connectivity index (χ0v) is 12.4. The molecule has 3 aromatic rings. The summed E-state index contributed by atoms with van der Waals surface area (Å²) in [6.07, 6.45) is 4.09. The van der Waals surface area contributed by atoms with Crippen molar-refractivity contribution in [3.8, 4) is 21.8 Å². The van der Waals surface area contributed by atoms with Gasteiger partial charge in [0, 0.05) is 30.9 Å². The minimum absolute atomic E-state index is 0.129. The Kier molecular flexibility index (Phi) is 2.75. The summed E-state index contributed by atoms with van der Waals surface area (Å²) in [5, 5.41) is 2.11. The van der Waals surface area contributed by atoms with Gasteiger partial charge in [-0.15, -0.1) is 11.3 Å². The lowest BCUT2D eigenvalue weighted by atomic mass is 10.1. The average Bonchev–Trinajstić information content (AvgIpc) is 3.16. The SMILES string of the molecule is Cc1csc(-c2nc3n(c2-c2ccncc2)CCC3=O)c1. The maximum absolute atomic E-state index is 12.0. The Morgan fingerprint density at radius 2 is 2.10 bits per heavy atom. The van der Waals surface area contributed by atoms with Crippen LogP contribution in [0.4, 0.5) is 0 Å². The molecule has 0 amide bonds. The second kappa shape index (κ2) is 4.63. The molecule has 3 aromatic heterocycles. The van der Waals surface area contributed by atoms with Crippen molar-refractivity contribution in [2.45, 2.75) is 19.9 Å². The maximum atomic E-state index is 12.0. The van der Waals surface area contributed by atoms with Crippen LogP contribution >= 0.6 is 11.3 Å². The molecule has 104 valence electrons. The van der Waals surface area contributed by atoms with Crippen LogP contribution in [0.1, 0.15) is 22.6 Å². The predicted molar refractivity (Wildman–Crippen MR) is 82.5 cm³/mol. The lowest BCUT2D eigenvalue weighted by Crippen LogP contribution is -1.96. The van der Waals surface area contributed by atoms with Gasteiger partial charge in [0.1, 0.15) is 5.69 Å². The Balaban J connectivity index is 1.99. The fraction of sp³-hybridized carbons (Fsp3) is 0.188. The Morgan fingerprint density at radius 1 is 1.29 bits per heavy atom. The molecule has 4 nitrogen and oxygen atoms in total. The molecular formula is C16H13N3OS. The molecule has 0 radical (unpaired) electrons. The molecule has 0 bridgehead atoms. The smallest absolute Gasteiger partial charge is 0.200 e. The zero-order chi connectivity index (χ0) is 14.4. The van der Waals surface area contributed by atoms with E-state index in [0.717, 1.165) is 21.8 Å². The van der Waals surface area contributed by atoms with Gasteiger partial charge >= 0.3 is 0 Å². The van der Waals surface area contributed by atoms with E-state index in [1.54, 1.807) is 23.7 Å². The topological polar surface area (TPSA) is 47.8 Å². The fourth-order valence-electron chi connectivity index (χ4n) is 2.74. The van der Waals surface area contributed by atoms with Gasteiger partial charge in [-0.3, -0.25) is 9.78 Å². The van der Waals surface area contributed by atoms with Crippen LogP contribution in [-0.4, -0.2) is 20.3 Å². The second-order valence-electron chi connectivity index (χ2n) is 5.18. The normalized spacial score (nSPS) is 13.7. The van der Waals surface area contributed by atoms with E-state index in [2.05, 4.69) is 28.3 Å². The van der Waals surface area contributed by atoms with Crippen molar-refractivity contribution in [1.82, 2.24) is 14.5 Å². The van der Waals surface area contributed by atoms with Crippen LogP contribution < -0.4 is 0 Å². The summed E-state index contributed by atoms with van der Waals surface area (Å²) in [5.41, 5.74) is 4.21. The molecule has 0 fully saturated rings. The van der Waals surface area contributed by atoms with E-state index in [1.807, 2.05) is 16.7 Å². The molecule has 21 heavy (non-hydrogen) atoms. The number of ketones is 1. The van der Waals surface area contributed by atoms with Crippen LogP contribution in [0, 0.1) is 6.92 Å². The monoisotopic (exact) mass is 295 g/mol. The van der Waals surface area contributed by atoms with Crippen LogP contribution in [0.15, 0.2) is 36.0 Å². The van der Waals surface area contributed by atoms with E-state index in [1.165, 1.54) is 5.56 Å². The molecule has 0 saturated heterocycles. The number of aryl methyl sites for hydroxylation is 1. The first kappa shape index (κ1) is 12.5. The number of imidazole rings is 1. The van der Waals surface area contributed by atoms with Crippen LogP contribution in [0.5, 0.6) is 0 Å². The van der Waals surface area contributed by atoms with E-state index < -0.39 is 0 Å². The van der Waals surface area contributed by atoms with Crippen LogP contribution in [0.2, 0.25) is 0 Å². The number of thiophene rings is 1. The molecule has 4 heterocycles. The van der Waals surface area contributed by atoms with E-state index in [4.69, 9.17) is 0 Å². The Morgan fingerprint density at radius 3 is 2.81 bits per heavy atom. The number of pyridine rings is 1. The van der Waals surface area contributed by atoms with Crippen molar-refractivity contribution < 1.29 is 4.79 Å². The molecular weight excluding hydrogens is 282 g/mol. The molecule has 5 heteroatoms. The largest absolute Gasteiger partial charge is 0.320 e. The summed E-state index contributed by atoms with van der Waals surface area (Å²) in [5.74, 6) is 0.715. The number of carbonyl (C=O) groups is 1. The molecule has 0 N–H and O–H groups in total. The Labute approximate surface area is 126 Å². The first-order valence-corrected chi connectivity index (χ1v) is 7.71. The predicted octanol–water partition coefficient (Wildman–Crippen LogP) is 3.57. The molecule has 0 atom stereocenters. The highest BCUT2D eigenvalue weighted by Gasteiger charge is 2.28. The number of Topliss-reactive ketones (excluding diaryl/α,β-unsaturated/α-hetero) is 1. The van der Waals surface area contributed by atoms with Gasteiger partial charge in [-0.05, 0) is 36.1 Å². The van der Waals surface area contributed by atoms with Crippen LogP contribution in [-0.2, 0) is 6.54 Å². The quantitative estimate of drug-likeness (QED) is 0.726. The van der Waals surface area contributed by atoms with Crippen molar-refractivity contribution in [3.63, 3.8) is 0 Å². The van der Waals surface area contributed by atoms with Gasteiger partial charge in [-0.25, -0.2) is 4.98 Å². The Hall–Kier alpha value is -2.27. The van der Waals surface area contributed by atoms with Gasteiger partial charge in [-0.2, -0.15) is 0 Å². The summed E-state index contributed by atoms with van der Waals surface area (Å²) in [6, 6.07) is 6.06. The number of carbonyl (C=O) groups excluding carboxylic acids is 1. The number of fused-ring (bicyclic) bond motifs is 1. The van der Waals surface area contributed by atoms with Crippen LogP contribution in [0.25, 0.3) is 21.8 Å². The first-order valence-electron chi connectivity index (χ1n) is 6.83. The molecule has 0 aromatic carbocycles. The number of nitrogens with zero attached hydrogens (tertiary/aromatic N) is 3. The summed E-state index contributed by atoms with van der Waals surface area (Å²) >= 11 is 1.67. The molecule has 0 spiro atoms. The van der Waals surface area contributed by atoms with E-state index in [0.29, 0.717) is 18.8 Å². The molecule has 0 unspecified atom stereocenters. The van der Waals surface area contributed by atoms with Crippen molar-refractivity contribution >= 4 is 17.1 Å². The van der Waals surface area contributed by atoms with Gasteiger partial charge in [0.2, 0.25) is 0 Å². The lowest BCUT2D eigenvalue weighted by molar-refractivity contribution is 0.0990. The van der Waals surface area contributed by atoms with Crippen molar-refractivity contribution in [2.75, 3.05) is 0 Å². The van der Waals surface area contributed by atoms with Crippen molar-refractivity contribution in [3.05, 3.63) is 47.4 Å². The van der Waals surface area contributed by atoms with Crippen molar-refractivity contribution in [1.29, 1.82) is 0 Å². The minimum Gasteiger partial charge on any atom is -0.320 e. The third kappa shape index (κ3) is 1.93. The molecule has 4 rings (SSSR count). The van der Waals surface area contributed by atoms with E-state index >= 15 is 0 Å². The highest BCUT2D eigenvalue weighted by molar-refractivity contribution is 7.13. The summed E-state index contributed by atoms with van der Waals surface area (Å²) in [7, 11) is 0. The number of rotatable bonds is 2. The summed E-state index contributed by atoms with van der Waals surface area (Å²) in [4.78, 5) is 21.8. The van der Waals surface area contributed by atoms with Crippen molar-refractivity contribution in [2.24, 2.45) is 0 Å². The van der Waals surface area contributed by atoms with Gasteiger partial charge in [0.15, 0.2) is 11.6 Å². The third-order valence-corrected chi connectivity index (χ3v) is 4.75. The minimum atomic E-state index is 0.129. The fourth-order valence-corrected chi connectivity index (χ4v) is 3.63. The molecule has 1 aliphatic heterocycles. The lowest BCUT2D eigenvalue weighted by Gasteiger charge is -2.06. The second-order valence-corrected chi connectivity index (χ2v) is 6.09. The molecule has 1 aliphatic rings. The molecule has 0 aliphatic carbocycles. The van der Waals surface area contributed by atoms with Gasteiger partial charge in [-0.1, -0.05) is 0 Å². The van der Waals surface area contributed by atoms with Crippen LogP contribution in [0.3, 0.4) is 0 Å². The zero-order valence-electron chi connectivity index (χ0n) is 11.5. The van der Waals surface area contributed by atoms with E-state index in [-0.39, 0.29) is 5.78 Å². The standard InChI is InChI=1S/C16H13N3OS/c1-10-8-13(21-9-10)14-15(11-2-5-17-6-3-11)19-7-4-12(20)16(19)18-14/h2-3,5-6,8-9H,4,7H2,1H3. The third-order valence-electron chi connectivity index (χ3n) is 3.70. The highest BCUT2D eigenvalue weighted by atomic mass is 32.1. The van der Waals surface area contributed by atoms with Gasteiger partial charge < -0.3 is 4.57 Å². The molecule has 0 saturated carbocycles. The first-order chi connectivity index (χ1) is 10.2. The Bertz CT molecular complexity index is 833. The summed E-state index contributed by atoms with van der Waals surface area (Å²) in [6.45, 7) is 2.78. The highest BCUT2D eigenvalue weighted by Crippen LogP contribution is 2.37. The number of aromatic nitrogens is 3. The number of hydrogen-bond acceptors (Lipinski definition) is 4. The maximum Gasteiger partial charge on any atom is 0.200 e. The number of hydrogen-bond donors (Lipinski definition) is 0. The average molecular weight is 295 g/mol. The van der Waals surface area contributed by atoms with Gasteiger partial charge in [0.25, 0.3) is 0 Å². The van der Waals surface area contributed by atoms with Gasteiger partial charge in [0.05, 0.1) is 10.6 Å².